The molecule has 2 heterocycles. The van der Waals surface area contributed by atoms with Gasteiger partial charge in [0.05, 0.1) is 5.02 Å². The van der Waals surface area contributed by atoms with Crippen LogP contribution in [0.4, 0.5) is 5.82 Å². The fourth-order valence-electron chi connectivity index (χ4n) is 3.45. The van der Waals surface area contributed by atoms with Crippen LogP contribution in [-0.4, -0.2) is 18.1 Å². The lowest BCUT2D eigenvalue weighted by atomic mass is 9.78. The van der Waals surface area contributed by atoms with E-state index in [1.807, 2.05) is 12.3 Å². The summed E-state index contributed by atoms with van der Waals surface area (Å²) in [4.78, 5) is 6.85. The molecule has 2 unspecified atom stereocenters. The highest BCUT2D eigenvalue weighted by Crippen LogP contribution is 2.38. The van der Waals surface area contributed by atoms with E-state index in [1.54, 1.807) is 0 Å². The Morgan fingerprint density at radius 1 is 1.33 bits per heavy atom. The van der Waals surface area contributed by atoms with E-state index in [-0.39, 0.29) is 0 Å². The van der Waals surface area contributed by atoms with Crippen molar-refractivity contribution in [3.05, 3.63) is 22.8 Å². The van der Waals surface area contributed by atoms with Crippen molar-refractivity contribution in [2.75, 3.05) is 18.0 Å². The van der Waals surface area contributed by atoms with E-state index in [1.165, 1.54) is 25.7 Å². The van der Waals surface area contributed by atoms with Crippen LogP contribution in [0.5, 0.6) is 0 Å². The van der Waals surface area contributed by atoms with Crippen LogP contribution in [-0.2, 0) is 6.54 Å². The van der Waals surface area contributed by atoms with E-state index in [0.717, 1.165) is 41.3 Å². The highest BCUT2D eigenvalue weighted by Gasteiger charge is 2.31. The average Bonchev–Trinajstić information content (AvgIpc) is 2.38. The summed E-state index contributed by atoms with van der Waals surface area (Å²) in [5, 5.41) is 0.750. The Morgan fingerprint density at radius 2 is 2.06 bits per heavy atom. The van der Waals surface area contributed by atoms with Gasteiger partial charge in [0.2, 0.25) is 0 Å². The van der Waals surface area contributed by atoms with Gasteiger partial charge in [-0.1, -0.05) is 18.0 Å². The maximum absolute atomic E-state index is 6.41. The van der Waals surface area contributed by atoms with Gasteiger partial charge in [0, 0.05) is 25.8 Å². The summed E-state index contributed by atoms with van der Waals surface area (Å²) >= 11 is 6.41. The molecule has 98 valence electrons. The van der Waals surface area contributed by atoms with Crippen molar-refractivity contribution >= 4 is 17.4 Å². The molecule has 18 heavy (non-hydrogen) atoms. The molecule has 4 heteroatoms. The first-order chi connectivity index (χ1) is 8.78. The quantitative estimate of drug-likeness (QED) is 0.894. The van der Waals surface area contributed by atoms with Gasteiger partial charge in [0.15, 0.2) is 0 Å². The number of rotatable bonds is 2. The molecule has 1 saturated carbocycles. The highest BCUT2D eigenvalue weighted by atomic mass is 35.5. The van der Waals surface area contributed by atoms with Crippen LogP contribution in [0.25, 0.3) is 0 Å². The fourth-order valence-corrected chi connectivity index (χ4v) is 3.76. The molecule has 1 aromatic rings. The van der Waals surface area contributed by atoms with Gasteiger partial charge in [-0.05, 0) is 42.7 Å². The number of nitrogens with two attached hydrogens (primary N) is 1. The van der Waals surface area contributed by atoms with E-state index in [0.29, 0.717) is 6.54 Å². The molecule has 2 atom stereocenters. The molecule has 0 spiro atoms. The molecule has 1 saturated heterocycles. The Labute approximate surface area is 113 Å². The summed E-state index contributed by atoms with van der Waals surface area (Å²) in [5.41, 5.74) is 6.71. The normalized spacial score (nSPS) is 27.3. The van der Waals surface area contributed by atoms with Gasteiger partial charge >= 0.3 is 0 Å². The van der Waals surface area contributed by atoms with Crippen molar-refractivity contribution in [2.24, 2.45) is 17.6 Å². The Kier molecular flexibility index (Phi) is 3.44. The van der Waals surface area contributed by atoms with Gasteiger partial charge in [0.25, 0.3) is 0 Å². The molecule has 3 rings (SSSR count). The number of halogens is 1. The third-order valence-corrected chi connectivity index (χ3v) is 4.73. The Balaban J connectivity index is 1.86. The minimum Gasteiger partial charge on any atom is -0.355 e. The minimum atomic E-state index is 0.481. The molecule has 2 bridgehead atoms. The van der Waals surface area contributed by atoms with Crippen LogP contribution in [0, 0.1) is 11.8 Å². The van der Waals surface area contributed by atoms with Crippen LogP contribution in [0.2, 0.25) is 5.02 Å². The van der Waals surface area contributed by atoms with Gasteiger partial charge in [-0.3, -0.25) is 0 Å². The van der Waals surface area contributed by atoms with Crippen molar-refractivity contribution in [1.82, 2.24) is 4.98 Å². The average molecular weight is 266 g/mol. The smallest absolute Gasteiger partial charge is 0.147 e. The van der Waals surface area contributed by atoms with E-state index in [9.17, 15) is 0 Å². The number of nitrogens with zero attached hydrogens (tertiary/aromatic N) is 2. The molecule has 1 aromatic heterocycles. The standard InChI is InChI=1S/C14H20ClN3/c15-13-12(7-16)4-5-17-14(13)18-8-10-2-1-3-11(6-10)9-18/h4-5,10-11H,1-3,6-9,16H2. The number of piperidine rings is 1. The minimum absolute atomic E-state index is 0.481. The maximum atomic E-state index is 6.41. The van der Waals surface area contributed by atoms with E-state index >= 15 is 0 Å². The number of hydrogen-bond donors (Lipinski definition) is 1. The van der Waals surface area contributed by atoms with Crippen LogP contribution < -0.4 is 10.6 Å². The predicted molar refractivity (Wildman–Crippen MR) is 74.8 cm³/mol. The van der Waals surface area contributed by atoms with Crippen molar-refractivity contribution in [3.8, 4) is 0 Å². The highest BCUT2D eigenvalue weighted by molar-refractivity contribution is 6.33. The third-order valence-electron chi connectivity index (χ3n) is 4.32. The zero-order chi connectivity index (χ0) is 12.5. The molecular formula is C14H20ClN3. The molecule has 3 nitrogen and oxygen atoms in total. The zero-order valence-electron chi connectivity index (χ0n) is 10.6. The Hall–Kier alpha value is -0.800. The summed E-state index contributed by atoms with van der Waals surface area (Å²) in [6, 6.07) is 1.91. The van der Waals surface area contributed by atoms with Crippen molar-refractivity contribution in [3.63, 3.8) is 0 Å². The third kappa shape index (κ3) is 2.21. The molecule has 2 N–H and O–H groups in total. The van der Waals surface area contributed by atoms with E-state index in [2.05, 4.69) is 9.88 Å². The number of anilines is 1. The van der Waals surface area contributed by atoms with Gasteiger partial charge in [-0.2, -0.15) is 0 Å². The van der Waals surface area contributed by atoms with Crippen molar-refractivity contribution in [1.29, 1.82) is 0 Å². The van der Waals surface area contributed by atoms with Gasteiger partial charge in [0.1, 0.15) is 5.82 Å². The Bertz CT molecular complexity index is 423. The van der Waals surface area contributed by atoms with Gasteiger partial charge < -0.3 is 10.6 Å². The lowest BCUT2D eigenvalue weighted by molar-refractivity contribution is 0.230. The lowest BCUT2D eigenvalue weighted by Gasteiger charge is -2.42. The second-order valence-corrected chi connectivity index (χ2v) is 5.99. The van der Waals surface area contributed by atoms with Gasteiger partial charge in [-0.25, -0.2) is 4.98 Å². The first-order valence-electron chi connectivity index (χ1n) is 6.86. The van der Waals surface area contributed by atoms with Crippen LogP contribution >= 0.6 is 11.6 Å². The topological polar surface area (TPSA) is 42.1 Å². The molecular weight excluding hydrogens is 246 g/mol. The number of pyridine rings is 1. The molecule has 1 aliphatic carbocycles. The molecule has 0 radical (unpaired) electrons. The predicted octanol–water partition coefficient (Wildman–Crippen LogP) is 2.82. The Morgan fingerprint density at radius 3 is 2.72 bits per heavy atom. The molecule has 2 aliphatic rings. The zero-order valence-corrected chi connectivity index (χ0v) is 11.4. The summed E-state index contributed by atoms with van der Waals surface area (Å²) in [7, 11) is 0. The number of aromatic nitrogens is 1. The summed E-state index contributed by atoms with van der Waals surface area (Å²) in [5.74, 6) is 2.60. The van der Waals surface area contributed by atoms with Crippen molar-refractivity contribution in [2.45, 2.75) is 32.2 Å². The van der Waals surface area contributed by atoms with Crippen LogP contribution in [0.15, 0.2) is 12.3 Å². The first kappa shape index (κ1) is 12.2. The SMILES string of the molecule is NCc1ccnc(N2CC3CCCC(C3)C2)c1Cl. The fraction of sp³-hybridized carbons (Fsp3) is 0.643. The second kappa shape index (κ2) is 5.06. The second-order valence-electron chi connectivity index (χ2n) is 5.62. The maximum Gasteiger partial charge on any atom is 0.147 e. The van der Waals surface area contributed by atoms with Crippen molar-refractivity contribution < 1.29 is 0 Å². The van der Waals surface area contributed by atoms with Crippen LogP contribution in [0.3, 0.4) is 0 Å². The largest absolute Gasteiger partial charge is 0.355 e. The van der Waals surface area contributed by atoms with Gasteiger partial charge in [-0.15, -0.1) is 0 Å². The number of hydrogen-bond acceptors (Lipinski definition) is 3. The van der Waals surface area contributed by atoms with E-state index < -0.39 is 0 Å². The van der Waals surface area contributed by atoms with E-state index in [4.69, 9.17) is 17.3 Å². The van der Waals surface area contributed by atoms with Crippen LogP contribution in [0.1, 0.15) is 31.2 Å². The molecule has 2 fully saturated rings. The molecule has 1 aliphatic heterocycles. The summed E-state index contributed by atoms with van der Waals surface area (Å²) in [6.45, 7) is 2.70. The number of fused-ring (bicyclic) bond motifs is 2. The lowest BCUT2D eigenvalue weighted by Crippen LogP contribution is -2.43. The summed E-state index contributed by atoms with van der Waals surface area (Å²) in [6.07, 6.45) is 7.34. The summed E-state index contributed by atoms with van der Waals surface area (Å²) < 4.78 is 0. The molecule has 0 aromatic carbocycles. The monoisotopic (exact) mass is 265 g/mol. The first-order valence-corrected chi connectivity index (χ1v) is 7.24. The molecule has 0 amide bonds.